The van der Waals surface area contributed by atoms with Gasteiger partial charge in [-0.1, -0.05) is 6.07 Å². The third-order valence-electron chi connectivity index (χ3n) is 4.05. The van der Waals surface area contributed by atoms with Crippen LogP contribution in [0.25, 0.3) is 0 Å². The minimum atomic E-state index is -0.739. The fourth-order valence-corrected chi connectivity index (χ4v) is 2.93. The van der Waals surface area contributed by atoms with E-state index in [9.17, 15) is 9.90 Å². The largest absolute Gasteiger partial charge is 0.493 e. The van der Waals surface area contributed by atoms with Crippen LogP contribution in [-0.4, -0.2) is 42.3 Å². The Morgan fingerprint density at radius 1 is 1.48 bits per heavy atom. The quantitative estimate of drug-likeness (QED) is 0.874. The van der Waals surface area contributed by atoms with E-state index in [1.807, 2.05) is 36.9 Å². The summed E-state index contributed by atoms with van der Waals surface area (Å²) in [6.45, 7) is 5.36. The van der Waals surface area contributed by atoms with Crippen molar-refractivity contribution >= 4 is 5.97 Å². The Morgan fingerprint density at radius 3 is 2.86 bits per heavy atom. The molecule has 0 saturated carbocycles. The normalized spacial score (nSPS) is 20.2. The van der Waals surface area contributed by atoms with Crippen molar-refractivity contribution in [2.75, 3.05) is 20.3 Å². The van der Waals surface area contributed by atoms with Crippen LogP contribution in [0.1, 0.15) is 38.3 Å². The smallest absolute Gasteiger partial charge is 0.320 e. The van der Waals surface area contributed by atoms with Gasteiger partial charge in [-0.25, -0.2) is 0 Å². The third kappa shape index (κ3) is 3.29. The molecule has 0 amide bonds. The van der Waals surface area contributed by atoms with Crippen molar-refractivity contribution < 1.29 is 19.4 Å². The molecule has 116 valence electrons. The number of carboxylic acid groups (broad SMARTS) is 1. The van der Waals surface area contributed by atoms with Gasteiger partial charge in [0.15, 0.2) is 11.5 Å². The van der Waals surface area contributed by atoms with E-state index in [4.69, 9.17) is 9.47 Å². The Hall–Kier alpha value is -1.75. The summed E-state index contributed by atoms with van der Waals surface area (Å²) in [5.41, 5.74) is 1.04. The van der Waals surface area contributed by atoms with Crippen LogP contribution in [-0.2, 0) is 4.79 Å². The molecule has 1 heterocycles. The van der Waals surface area contributed by atoms with Crippen LogP contribution >= 0.6 is 0 Å². The van der Waals surface area contributed by atoms with Crippen molar-refractivity contribution in [2.45, 2.75) is 38.8 Å². The van der Waals surface area contributed by atoms with Gasteiger partial charge < -0.3 is 14.6 Å². The molecule has 2 atom stereocenters. The van der Waals surface area contributed by atoms with Gasteiger partial charge in [-0.2, -0.15) is 0 Å². The van der Waals surface area contributed by atoms with E-state index in [2.05, 4.69) is 0 Å². The second kappa shape index (κ2) is 6.80. The topological polar surface area (TPSA) is 59.0 Å². The molecule has 5 heteroatoms. The third-order valence-corrected chi connectivity index (χ3v) is 4.05. The number of methoxy groups -OCH3 is 1. The molecule has 0 radical (unpaired) electrons. The van der Waals surface area contributed by atoms with E-state index in [-0.39, 0.29) is 6.04 Å². The molecule has 1 aliphatic heterocycles. The van der Waals surface area contributed by atoms with Gasteiger partial charge in [0.05, 0.1) is 13.7 Å². The summed E-state index contributed by atoms with van der Waals surface area (Å²) >= 11 is 0. The molecule has 2 unspecified atom stereocenters. The number of benzene rings is 1. The second-order valence-electron chi connectivity index (χ2n) is 5.25. The van der Waals surface area contributed by atoms with E-state index < -0.39 is 12.0 Å². The maximum absolute atomic E-state index is 11.3. The van der Waals surface area contributed by atoms with Crippen LogP contribution in [0.15, 0.2) is 18.2 Å². The second-order valence-corrected chi connectivity index (χ2v) is 5.25. The van der Waals surface area contributed by atoms with E-state index in [1.54, 1.807) is 7.11 Å². The molecule has 1 aromatic rings. The van der Waals surface area contributed by atoms with Crippen LogP contribution < -0.4 is 9.47 Å². The number of hydrogen-bond acceptors (Lipinski definition) is 4. The number of aliphatic carboxylic acids is 1. The SMILES string of the molecule is CCOc1ccc(C(C)N2CCCC2C(=O)O)cc1OC. The minimum Gasteiger partial charge on any atom is -0.493 e. The lowest BCUT2D eigenvalue weighted by Gasteiger charge is -2.29. The highest BCUT2D eigenvalue weighted by Gasteiger charge is 2.34. The first kappa shape index (κ1) is 15.6. The molecule has 1 saturated heterocycles. The zero-order valence-electron chi connectivity index (χ0n) is 12.8. The van der Waals surface area contributed by atoms with Gasteiger partial charge in [0.25, 0.3) is 0 Å². The fourth-order valence-electron chi connectivity index (χ4n) is 2.93. The molecule has 0 aliphatic carbocycles. The first-order valence-corrected chi connectivity index (χ1v) is 7.37. The van der Waals surface area contributed by atoms with E-state index in [0.29, 0.717) is 24.5 Å². The summed E-state index contributed by atoms with van der Waals surface area (Å²) in [4.78, 5) is 13.4. The van der Waals surface area contributed by atoms with Crippen molar-refractivity contribution in [3.05, 3.63) is 23.8 Å². The zero-order valence-corrected chi connectivity index (χ0v) is 12.8. The lowest BCUT2D eigenvalue weighted by Crippen LogP contribution is -2.37. The number of nitrogens with zero attached hydrogens (tertiary/aromatic N) is 1. The van der Waals surface area contributed by atoms with Crippen LogP contribution in [0.2, 0.25) is 0 Å². The van der Waals surface area contributed by atoms with E-state index in [0.717, 1.165) is 18.5 Å². The summed E-state index contributed by atoms with van der Waals surface area (Å²) in [5, 5.41) is 9.31. The summed E-state index contributed by atoms with van der Waals surface area (Å²) in [5.74, 6) is 0.664. The predicted molar refractivity (Wildman–Crippen MR) is 79.9 cm³/mol. The van der Waals surface area contributed by atoms with Crippen LogP contribution in [0.5, 0.6) is 11.5 Å². The number of carboxylic acids is 1. The maximum atomic E-state index is 11.3. The molecule has 0 spiro atoms. The Morgan fingerprint density at radius 2 is 2.24 bits per heavy atom. The number of likely N-dealkylation sites (tertiary alicyclic amines) is 1. The Bertz CT molecular complexity index is 503. The van der Waals surface area contributed by atoms with Gasteiger partial charge in [0, 0.05) is 6.04 Å². The molecular weight excluding hydrogens is 270 g/mol. The van der Waals surface area contributed by atoms with Crippen molar-refractivity contribution in [1.29, 1.82) is 0 Å². The molecule has 5 nitrogen and oxygen atoms in total. The molecule has 1 N–H and O–H groups in total. The lowest BCUT2D eigenvalue weighted by molar-refractivity contribution is -0.142. The van der Waals surface area contributed by atoms with Gasteiger partial charge in [-0.3, -0.25) is 9.69 Å². The highest BCUT2D eigenvalue weighted by atomic mass is 16.5. The molecule has 1 aromatic carbocycles. The van der Waals surface area contributed by atoms with Gasteiger partial charge in [0.2, 0.25) is 0 Å². The molecule has 21 heavy (non-hydrogen) atoms. The highest BCUT2D eigenvalue weighted by molar-refractivity contribution is 5.73. The van der Waals surface area contributed by atoms with Crippen LogP contribution in [0.4, 0.5) is 0 Å². The molecule has 1 aliphatic rings. The van der Waals surface area contributed by atoms with Crippen LogP contribution in [0.3, 0.4) is 0 Å². The zero-order chi connectivity index (χ0) is 15.4. The van der Waals surface area contributed by atoms with Crippen molar-refractivity contribution in [2.24, 2.45) is 0 Å². The number of carbonyl (C=O) groups is 1. The highest BCUT2D eigenvalue weighted by Crippen LogP contribution is 2.34. The summed E-state index contributed by atoms with van der Waals surface area (Å²) in [6, 6.07) is 5.46. The molecule has 2 rings (SSSR count). The minimum absolute atomic E-state index is 0.0400. The van der Waals surface area contributed by atoms with Crippen molar-refractivity contribution in [3.8, 4) is 11.5 Å². The number of hydrogen-bond donors (Lipinski definition) is 1. The predicted octanol–water partition coefficient (Wildman–Crippen LogP) is 2.70. The first-order chi connectivity index (χ1) is 10.1. The fraction of sp³-hybridized carbons (Fsp3) is 0.562. The Balaban J connectivity index is 2.22. The Labute approximate surface area is 125 Å². The average Bonchev–Trinajstić information content (AvgIpc) is 2.97. The van der Waals surface area contributed by atoms with Gasteiger partial charge >= 0.3 is 5.97 Å². The number of rotatable bonds is 6. The summed E-state index contributed by atoms with van der Waals surface area (Å²) in [7, 11) is 1.61. The molecule has 0 bridgehead atoms. The van der Waals surface area contributed by atoms with Gasteiger partial charge in [-0.15, -0.1) is 0 Å². The average molecular weight is 293 g/mol. The number of ether oxygens (including phenoxy) is 2. The molecule has 1 fully saturated rings. The standard InChI is InChI=1S/C16H23NO4/c1-4-21-14-8-7-12(10-15(14)20-3)11(2)17-9-5-6-13(17)16(18)19/h7-8,10-11,13H,4-6,9H2,1-3H3,(H,18,19). The van der Waals surface area contributed by atoms with Gasteiger partial charge in [0.1, 0.15) is 6.04 Å². The summed E-state index contributed by atoms with van der Waals surface area (Å²) in [6.07, 6.45) is 1.64. The van der Waals surface area contributed by atoms with E-state index in [1.165, 1.54) is 0 Å². The lowest BCUT2D eigenvalue weighted by atomic mass is 10.0. The van der Waals surface area contributed by atoms with Crippen molar-refractivity contribution in [3.63, 3.8) is 0 Å². The van der Waals surface area contributed by atoms with Gasteiger partial charge in [-0.05, 0) is 50.9 Å². The molecule has 0 aromatic heterocycles. The summed E-state index contributed by atoms with van der Waals surface area (Å²) < 4.78 is 10.9. The molecular formula is C16H23NO4. The Kier molecular flexibility index (Phi) is 5.07. The first-order valence-electron chi connectivity index (χ1n) is 7.37. The monoisotopic (exact) mass is 293 g/mol. The van der Waals surface area contributed by atoms with E-state index >= 15 is 0 Å². The van der Waals surface area contributed by atoms with Crippen LogP contribution in [0, 0.1) is 0 Å². The van der Waals surface area contributed by atoms with Crippen molar-refractivity contribution in [1.82, 2.24) is 4.90 Å². The maximum Gasteiger partial charge on any atom is 0.320 e.